The van der Waals surface area contributed by atoms with E-state index in [1.807, 2.05) is 6.92 Å². The second-order valence-electron chi connectivity index (χ2n) is 4.99. The van der Waals surface area contributed by atoms with Crippen molar-refractivity contribution in [1.29, 1.82) is 0 Å². The first-order chi connectivity index (χ1) is 9.22. The maximum Gasteiger partial charge on any atom is 0.143 e. The van der Waals surface area contributed by atoms with Gasteiger partial charge in [0.2, 0.25) is 0 Å². The molecule has 2 nitrogen and oxygen atoms in total. The molecule has 19 heavy (non-hydrogen) atoms. The van der Waals surface area contributed by atoms with Crippen LogP contribution in [0.5, 0.6) is 0 Å². The highest BCUT2D eigenvalue weighted by atomic mass is 19.1. The minimum atomic E-state index is -0.590. The summed E-state index contributed by atoms with van der Waals surface area (Å²) >= 11 is 0. The quantitative estimate of drug-likeness (QED) is 0.814. The molecule has 0 amide bonds. The molecule has 1 aliphatic rings. The van der Waals surface area contributed by atoms with E-state index in [9.17, 15) is 8.78 Å². The Kier molecular flexibility index (Phi) is 3.09. The van der Waals surface area contributed by atoms with Crippen LogP contribution in [0.15, 0.2) is 22.7 Å². The third-order valence-corrected chi connectivity index (χ3v) is 3.47. The third kappa shape index (κ3) is 2.15. The number of rotatable bonds is 4. The van der Waals surface area contributed by atoms with Gasteiger partial charge in [-0.05, 0) is 31.4 Å². The first kappa shape index (κ1) is 12.3. The van der Waals surface area contributed by atoms with Crippen molar-refractivity contribution in [2.24, 2.45) is 0 Å². The molecule has 0 aliphatic heterocycles. The van der Waals surface area contributed by atoms with E-state index < -0.39 is 11.6 Å². The van der Waals surface area contributed by atoms with E-state index in [1.165, 1.54) is 18.2 Å². The molecule has 0 bridgehead atoms. The topological polar surface area (TPSA) is 26.0 Å². The Morgan fingerprint density at radius 3 is 2.53 bits per heavy atom. The number of benzene rings is 1. The molecule has 0 spiro atoms. The first-order valence-corrected chi connectivity index (χ1v) is 6.65. The smallest absolute Gasteiger partial charge is 0.143 e. The summed E-state index contributed by atoms with van der Waals surface area (Å²) in [6.07, 6.45) is 3.78. The number of aromatic nitrogens is 1. The summed E-state index contributed by atoms with van der Waals surface area (Å²) in [5, 5.41) is 3.93. The van der Waals surface area contributed by atoms with Gasteiger partial charge in [0.1, 0.15) is 23.1 Å². The molecule has 0 unspecified atom stereocenters. The Bertz CT molecular complexity index is 582. The van der Waals surface area contributed by atoms with Gasteiger partial charge in [0.25, 0.3) is 0 Å². The van der Waals surface area contributed by atoms with E-state index in [4.69, 9.17) is 4.52 Å². The molecule has 100 valence electrons. The molecule has 2 aromatic rings. The van der Waals surface area contributed by atoms with Gasteiger partial charge in [-0.15, -0.1) is 0 Å². The van der Waals surface area contributed by atoms with Gasteiger partial charge in [0.05, 0.1) is 5.56 Å². The Morgan fingerprint density at radius 2 is 1.95 bits per heavy atom. The number of nitrogens with zero attached hydrogens (tertiary/aromatic N) is 1. The van der Waals surface area contributed by atoms with Crippen molar-refractivity contribution in [2.75, 3.05) is 0 Å². The minimum absolute atomic E-state index is 0.0680. The molecule has 1 fully saturated rings. The van der Waals surface area contributed by atoms with E-state index in [-0.39, 0.29) is 5.56 Å². The zero-order valence-electron chi connectivity index (χ0n) is 10.7. The summed E-state index contributed by atoms with van der Waals surface area (Å²) in [5.74, 6) is 0.0261. The van der Waals surface area contributed by atoms with Crippen LogP contribution in [0.1, 0.15) is 43.4 Å². The fourth-order valence-electron chi connectivity index (χ4n) is 2.40. The van der Waals surface area contributed by atoms with E-state index in [1.54, 1.807) is 0 Å². The first-order valence-electron chi connectivity index (χ1n) is 6.65. The Morgan fingerprint density at radius 1 is 1.26 bits per heavy atom. The number of hydrogen-bond donors (Lipinski definition) is 0. The van der Waals surface area contributed by atoms with Gasteiger partial charge >= 0.3 is 0 Å². The van der Waals surface area contributed by atoms with Gasteiger partial charge < -0.3 is 4.52 Å². The van der Waals surface area contributed by atoms with E-state index in [0.717, 1.165) is 37.0 Å². The fraction of sp³-hybridized carbons (Fsp3) is 0.400. The molecule has 0 N–H and O–H groups in total. The Labute approximate surface area is 110 Å². The molecule has 0 radical (unpaired) electrons. The second-order valence-corrected chi connectivity index (χ2v) is 4.99. The minimum Gasteiger partial charge on any atom is -0.360 e. The lowest BCUT2D eigenvalue weighted by molar-refractivity contribution is 0.384. The Hall–Kier alpha value is -1.71. The molecule has 0 atom stereocenters. The van der Waals surface area contributed by atoms with Crippen molar-refractivity contribution < 1.29 is 13.3 Å². The third-order valence-electron chi connectivity index (χ3n) is 3.47. The normalized spacial score (nSPS) is 14.9. The van der Waals surface area contributed by atoms with Crippen molar-refractivity contribution in [3.8, 4) is 11.3 Å². The lowest BCUT2D eigenvalue weighted by Gasteiger charge is -2.04. The van der Waals surface area contributed by atoms with Gasteiger partial charge in [-0.25, -0.2) is 8.78 Å². The van der Waals surface area contributed by atoms with E-state index in [0.29, 0.717) is 11.6 Å². The molecule has 3 rings (SSSR count). The fourth-order valence-corrected chi connectivity index (χ4v) is 2.40. The zero-order valence-corrected chi connectivity index (χ0v) is 10.7. The standard InChI is InChI=1S/C15H15F2NO/c1-2-4-10-14(18-19-15(10)9-7-8-9)13-11(16)5-3-6-12(13)17/h3,5-6,9H,2,4,7-8H2,1H3. The number of halogens is 2. The highest BCUT2D eigenvalue weighted by Gasteiger charge is 2.33. The molecule has 1 heterocycles. The average Bonchev–Trinajstić information content (AvgIpc) is 3.14. The van der Waals surface area contributed by atoms with Gasteiger partial charge in [-0.3, -0.25) is 0 Å². The summed E-state index contributed by atoms with van der Waals surface area (Å²) in [6, 6.07) is 3.86. The van der Waals surface area contributed by atoms with Crippen molar-refractivity contribution in [3.05, 3.63) is 41.2 Å². The van der Waals surface area contributed by atoms with Crippen LogP contribution >= 0.6 is 0 Å². The summed E-state index contributed by atoms with van der Waals surface area (Å²) in [7, 11) is 0. The van der Waals surface area contributed by atoms with Crippen LogP contribution in [0.2, 0.25) is 0 Å². The van der Waals surface area contributed by atoms with Crippen LogP contribution in [0, 0.1) is 11.6 Å². The van der Waals surface area contributed by atoms with Crippen LogP contribution in [0.4, 0.5) is 8.78 Å². The summed E-state index contributed by atoms with van der Waals surface area (Å²) in [4.78, 5) is 0. The SMILES string of the molecule is CCCc1c(-c2c(F)cccc2F)noc1C1CC1. The second kappa shape index (κ2) is 4.76. The molecule has 1 aromatic heterocycles. The van der Waals surface area contributed by atoms with Gasteiger partial charge in [-0.2, -0.15) is 0 Å². The summed E-state index contributed by atoms with van der Waals surface area (Å²) in [5.41, 5.74) is 1.13. The molecule has 4 heteroatoms. The molecular formula is C15H15F2NO. The lowest BCUT2D eigenvalue weighted by atomic mass is 10.00. The monoisotopic (exact) mass is 263 g/mol. The van der Waals surface area contributed by atoms with Gasteiger partial charge in [0.15, 0.2) is 0 Å². The van der Waals surface area contributed by atoms with Crippen LogP contribution in [-0.4, -0.2) is 5.16 Å². The predicted molar refractivity (Wildman–Crippen MR) is 67.8 cm³/mol. The molecule has 1 saturated carbocycles. The molecule has 0 saturated heterocycles. The van der Waals surface area contributed by atoms with Gasteiger partial charge in [-0.1, -0.05) is 24.6 Å². The van der Waals surface area contributed by atoms with Gasteiger partial charge in [0, 0.05) is 11.5 Å². The molecular weight excluding hydrogens is 248 g/mol. The van der Waals surface area contributed by atoms with Crippen LogP contribution in [0.3, 0.4) is 0 Å². The van der Waals surface area contributed by atoms with Crippen LogP contribution in [0.25, 0.3) is 11.3 Å². The van der Waals surface area contributed by atoms with E-state index >= 15 is 0 Å². The maximum absolute atomic E-state index is 13.9. The maximum atomic E-state index is 13.9. The molecule has 1 aromatic carbocycles. The lowest BCUT2D eigenvalue weighted by Crippen LogP contribution is -1.95. The summed E-state index contributed by atoms with van der Waals surface area (Å²) < 4.78 is 33.1. The van der Waals surface area contributed by atoms with Crippen molar-refractivity contribution in [2.45, 2.75) is 38.5 Å². The van der Waals surface area contributed by atoms with Crippen molar-refractivity contribution in [3.63, 3.8) is 0 Å². The largest absolute Gasteiger partial charge is 0.360 e. The van der Waals surface area contributed by atoms with Crippen LogP contribution in [-0.2, 0) is 6.42 Å². The van der Waals surface area contributed by atoms with Crippen molar-refractivity contribution in [1.82, 2.24) is 5.16 Å². The predicted octanol–water partition coefficient (Wildman–Crippen LogP) is 4.45. The highest BCUT2D eigenvalue weighted by molar-refractivity contribution is 5.65. The zero-order chi connectivity index (χ0) is 13.4. The number of hydrogen-bond acceptors (Lipinski definition) is 2. The van der Waals surface area contributed by atoms with Crippen molar-refractivity contribution >= 4 is 0 Å². The highest BCUT2D eigenvalue weighted by Crippen LogP contribution is 2.44. The summed E-state index contributed by atoms with van der Waals surface area (Å²) in [6.45, 7) is 2.03. The molecule has 1 aliphatic carbocycles. The Balaban J connectivity index is 2.14. The van der Waals surface area contributed by atoms with Crippen LogP contribution < -0.4 is 0 Å². The average molecular weight is 263 g/mol. The van der Waals surface area contributed by atoms with E-state index in [2.05, 4.69) is 5.16 Å².